The van der Waals surface area contributed by atoms with Gasteiger partial charge in [0.25, 0.3) is 5.91 Å². The normalized spacial score (nSPS) is 21.9. The van der Waals surface area contributed by atoms with E-state index in [4.69, 9.17) is 11.6 Å². The van der Waals surface area contributed by atoms with Crippen molar-refractivity contribution in [2.45, 2.75) is 25.3 Å². The van der Waals surface area contributed by atoms with Gasteiger partial charge in [0.2, 0.25) is 0 Å². The van der Waals surface area contributed by atoms with Gasteiger partial charge in [0, 0.05) is 15.8 Å². The summed E-state index contributed by atoms with van der Waals surface area (Å²) in [6.07, 6.45) is 0. The molecule has 4 nitrogen and oxygen atoms in total. The highest BCUT2D eigenvalue weighted by Crippen LogP contribution is 2.35. The number of amides is 1. The van der Waals surface area contributed by atoms with Crippen molar-refractivity contribution in [2.75, 3.05) is 5.75 Å². The first-order chi connectivity index (χ1) is 9.82. The van der Waals surface area contributed by atoms with Gasteiger partial charge in [0.05, 0.1) is 10.4 Å². The average molecular weight is 393 g/mol. The Kier molecular flexibility index (Phi) is 5.22. The van der Waals surface area contributed by atoms with Crippen molar-refractivity contribution in [3.05, 3.63) is 33.3 Å². The number of carboxylic acids is 1. The van der Waals surface area contributed by atoms with Crippen molar-refractivity contribution < 1.29 is 14.7 Å². The average Bonchev–Trinajstić information content (AvgIpc) is 2.86. The Balaban J connectivity index is 2.36. The molecule has 1 amide bonds. The van der Waals surface area contributed by atoms with E-state index in [1.54, 1.807) is 18.2 Å². The Labute approximate surface area is 141 Å². The third kappa shape index (κ3) is 3.38. The summed E-state index contributed by atoms with van der Waals surface area (Å²) in [6, 6.07) is 4.11. The number of hydrogen-bond acceptors (Lipinski definition) is 3. The second kappa shape index (κ2) is 6.58. The summed E-state index contributed by atoms with van der Waals surface area (Å²) < 4.78 is 0.701. The van der Waals surface area contributed by atoms with Gasteiger partial charge >= 0.3 is 5.97 Å². The van der Waals surface area contributed by atoms with Crippen LogP contribution in [0, 0.1) is 5.92 Å². The second-order valence-corrected chi connectivity index (χ2v) is 7.57. The van der Waals surface area contributed by atoms with Crippen molar-refractivity contribution >= 4 is 51.2 Å². The highest BCUT2D eigenvalue weighted by atomic mass is 79.9. The Morgan fingerprint density at radius 3 is 2.67 bits per heavy atom. The number of carbonyl (C=O) groups is 2. The molecule has 0 aromatic heterocycles. The van der Waals surface area contributed by atoms with Gasteiger partial charge in [0.15, 0.2) is 0 Å². The summed E-state index contributed by atoms with van der Waals surface area (Å²) in [7, 11) is 0. The molecule has 2 atom stereocenters. The Morgan fingerprint density at radius 2 is 2.14 bits per heavy atom. The molecule has 1 saturated heterocycles. The van der Waals surface area contributed by atoms with Crippen molar-refractivity contribution in [1.29, 1.82) is 0 Å². The van der Waals surface area contributed by atoms with Gasteiger partial charge in [-0.2, -0.15) is 0 Å². The topological polar surface area (TPSA) is 57.6 Å². The molecule has 0 spiro atoms. The molecule has 1 aromatic rings. The molecule has 1 N–H and O–H groups in total. The molecule has 0 radical (unpaired) electrons. The number of halogens is 2. The third-order valence-corrected chi connectivity index (χ3v) is 6.14. The smallest absolute Gasteiger partial charge is 0.327 e. The zero-order valence-electron chi connectivity index (χ0n) is 11.5. The number of thioether (sulfide) groups is 1. The molecule has 1 aromatic carbocycles. The van der Waals surface area contributed by atoms with Gasteiger partial charge in [-0.3, -0.25) is 4.79 Å². The standard InChI is InChI=1S/C14H15BrClNO3S/c1-7(2)13-17(11(6-21-13)14(19)20)12(18)8-3-4-9(15)10(16)5-8/h3-5,7,11,13H,6H2,1-2H3,(H,19,20). The molecule has 1 aliphatic heterocycles. The number of nitrogens with zero attached hydrogens (tertiary/aromatic N) is 1. The predicted octanol–water partition coefficient (Wildman–Crippen LogP) is 3.73. The molecule has 0 saturated carbocycles. The highest BCUT2D eigenvalue weighted by molar-refractivity contribution is 9.10. The van der Waals surface area contributed by atoms with Crippen LogP contribution >= 0.6 is 39.3 Å². The lowest BCUT2D eigenvalue weighted by molar-refractivity contribution is -0.141. The van der Waals surface area contributed by atoms with Crippen LogP contribution in [0.15, 0.2) is 22.7 Å². The van der Waals surface area contributed by atoms with Gasteiger partial charge in [-0.25, -0.2) is 4.79 Å². The van der Waals surface area contributed by atoms with Crippen LogP contribution in [0.4, 0.5) is 0 Å². The Hall–Kier alpha value is -0.720. The molecule has 21 heavy (non-hydrogen) atoms. The summed E-state index contributed by atoms with van der Waals surface area (Å²) in [5.74, 6) is -0.675. The summed E-state index contributed by atoms with van der Waals surface area (Å²) in [6.45, 7) is 3.97. The first-order valence-corrected chi connectivity index (χ1v) is 8.67. The maximum atomic E-state index is 12.7. The molecule has 114 valence electrons. The van der Waals surface area contributed by atoms with Crippen molar-refractivity contribution in [3.63, 3.8) is 0 Å². The summed E-state index contributed by atoms with van der Waals surface area (Å²) >= 11 is 10.8. The summed E-state index contributed by atoms with van der Waals surface area (Å²) in [5.41, 5.74) is 0.405. The number of hydrogen-bond donors (Lipinski definition) is 1. The van der Waals surface area contributed by atoms with Crippen LogP contribution in [0.5, 0.6) is 0 Å². The fourth-order valence-electron chi connectivity index (χ4n) is 2.27. The minimum atomic E-state index is -0.970. The largest absolute Gasteiger partial charge is 0.480 e. The molecular weight excluding hydrogens is 378 g/mol. The van der Waals surface area contributed by atoms with Crippen LogP contribution in [0.1, 0.15) is 24.2 Å². The predicted molar refractivity (Wildman–Crippen MR) is 87.8 cm³/mol. The minimum Gasteiger partial charge on any atom is -0.480 e. The number of benzene rings is 1. The monoisotopic (exact) mass is 391 g/mol. The number of aliphatic carboxylic acids is 1. The lowest BCUT2D eigenvalue weighted by atomic mass is 10.1. The molecule has 1 fully saturated rings. The first kappa shape index (κ1) is 16.6. The Bertz CT molecular complexity index is 581. The van der Waals surface area contributed by atoms with E-state index in [0.29, 0.717) is 20.8 Å². The molecular formula is C14H15BrClNO3S. The van der Waals surface area contributed by atoms with E-state index in [1.807, 2.05) is 13.8 Å². The van der Waals surface area contributed by atoms with Crippen molar-refractivity contribution in [3.8, 4) is 0 Å². The zero-order chi connectivity index (χ0) is 15.7. The van der Waals surface area contributed by atoms with E-state index in [1.165, 1.54) is 16.7 Å². The van der Waals surface area contributed by atoms with Crippen LogP contribution in [0.2, 0.25) is 5.02 Å². The molecule has 0 bridgehead atoms. The first-order valence-electron chi connectivity index (χ1n) is 6.45. The van der Waals surface area contributed by atoms with Gasteiger partial charge in [-0.15, -0.1) is 11.8 Å². The van der Waals surface area contributed by atoms with E-state index in [0.717, 1.165) is 0 Å². The molecule has 1 aliphatic rings. The second-order valence-electron chi connectivity index (χ2n) is 5.16. The number of carboxylic acid groups (broad SMARTS) is 1. The fourth-order valence-corrected chi connectivity index (χ4v) is 4.16. The van der Waals surface area contributed by atoms with Crippen LogP contribution in [0.25, 0.3) is 0 Å². The van der Waals surface area contributed by atoms with E-state index in [2.05, 4.69) is 15.9 Å². The third-order valence-electron chi connectivity index (χ3n) is 3.29. The molecule has 7 heteroatoms. The Morgan fingerprint density at radius 1 is 1.48 bits per heavy atom. The number of carbonyl (C=O) groups excluding carboxylic acids is 1. The highest BCUT2D eigenvalue weighted by Gasteiger charge is 2.43. The quantitative estimate of drug-likeness (QED) is 0.851. The maximum Gasteiger partial charge on any atom is 0.327 e. The number of rotatable bonds is 3. The van der Waals surface area contributed by atoms with Crippen LogP contribution < -0.4 is 0 Å². The lowest BCUT2D eigenvalue weighted by Crippen LogP contribution is -2.47. The van der Waals surface area contributed by atoms with Crippen molar-refractivity contribution in [2.24, 2.45) is 5.92 Å². The van der Waals surface area contributed by atoms with Crippen LogP contribution in [0.3, 0.4) is 0 Å². The van der Waals surface area contributed by atoms with E-state index in [-0.39, 0.29) is 17.2 Å². The fraction of sp³-hybridized carbons (Fsp3) is 0.429. The summed E-state index contributed by atoms with van der Waals surface area (Å²) in [4.78, 5) is 25.6. The van der Waals surface area contributed by atoms with E-state index in [9.17, 15) is 14.7 Å². The SMILES string of the molecule is CC(C)C1SCC(C(=O)O)N1C(=O)c1ccc(Br)c(Cl)c1. The van der Waals surface area contributed by atoms with E-state index < -0.39 is 12.0 Å². The molecule has 0 aliphatic carbocycles. The van der Waals surface area contributed by atoms with Gasteiger partial charge in [0.1, 0.15) is 6.04 Å². The van der Waals surface area contributed by atoms with Crippen LogP contribution in [-0.2, 0) is 4.79 Å². The van der Waals surface area contributed by atoms with E-state index >= 15 is 0 Å². The summed E-state index contributed by atoms with van der Waals surface area (Å²) in [5, 5.41) is 9.63. The van der Waals surface area contributed by atoms with Gasteiger partial charge in [-0.05, 0) is 40.0 Å². The molecule has 2 unspecified atom stereocenters. The lowest BCUT2D eigenvalue weighted by Gasteiger charge is -2.29. The van der Waals surface area contributed by atoms with Crippen LogP contribution in [-0.4, -0.2) is 39.1 Å². The van der Waals surface area contributed by atoms with Gasteiger partial charge < -0.3 is 10.0 Å². The van der Waals surface area contributed by atoms with Gasteiger partial charge in [-0.1, -0.05) is 25.4 Å². The van der Waals surface area contributed by atoms with Crippen molar-refractivity contribution in [1.82, 2.24) is 4.90 Å². The molecule has 1 heterocycles. The minimum absolute atomic E-state index is 0.138. The zero-order valence-corrected chi connectivity index (χ0v) is 14.7. The maximum absolute atomic E-state index is 12.7. The molecule has 2 rings (SSSR count).